The normalized spacial score (nSPS) is 10.3. The molecule has 3 aromatic carbocycles. The molecule has 1 N–H and O–H groups in total. The highest BCUT2D eigenvalue weighted by atomic mass is 32.1. The fourth-order valence-electron chi connectivity index (χ4n) is 2.86. The Labute approximate surface area is 166 Å². The van der Waals surface area contributed by atoms with Crippen molar-refractivity contribution in [3.8, 4) is 5.75 Å². The van der Waals surface area contributed by atoms with Crippen molar-refractivity contribution in [1.29, 1.82) is 0 Å². The van der Waals surface area contributed by atoms with Crippen molar-refractivity contribution in [1.82, 2.24) is 5.32 Å². The van der Waals surface area contributed by atoms with Crippen molar-refractivity contribution in [3.63, 3.8) is 0 Å². The highest BCUT2D eigenvalue weighted by Gasteiger charge is 2.12. The molecule has 0 amide bonds. The van der Waals surface area contributed by atoms with Gasteiger partial charge in [0.25, 0.3) is 0 Å². The van der Waals surface area contributed by atoms with Crippen LogP contribution in [0.1, 0.15) is 11.1 Å². The molecule has 0 spiro atoms. The topological polar surface area (TPSA) is 24.5 Å². The lowest BCUT2D eigenvalue weighted by atomic mass is 10.1. The van der Waals surface area contributed by atoms with Gasteiger partial charge in [0.15, 0.2) is 5.11 Å². The van der Waals surface area contributed by atoms with Crippen molar-refractivity contribution >= 4 is 23.0 Å². The molecule has 0 aromatic heterocycles. The van der Waals surface area contributed by atoms with Gasteiger partial charge >= 0.3 is 0 Å². The molecule has 27 heavy (non-hydrogen) atoms. The van der Waals surface area contributed by atoms with E-state index in [2.05, 4.69) is 58.7 Å². The van der Waals surface area contributed by atoms with Gasteiger partial charge in [0.05, 0.1) is 13.7 Å². The molecule has 138 valence electrons. The lowest BCUT2D eigenvalue weighted by Gasteiger charge is -2.26. The van der Waals surface area contributed by atoms with Gasteiger partial charge in [-0.05, 0) is 54.0 Å². The molecule has 0 bridgehead atoms. The van der Waals surface area contributed by atoms with Crippen molar-refractivity contribution in [3.05, 3.63) is 96.1 Å². The predicted molar refractivity (Wildman–Crippen MR) is 116 cm³/mol. The Morgan fingerprint density at radius 1 is 0.852 bits per heavy atom. The Hall–Kier alpha value is -2.85. The molecule has 3 nitrogen and oxygen atoms in total. The van der Waals surface area contributed by atoms with Gasteiger partial charge in [-0.3, -0.25) is 0 Å². The Kier molecular flexibility index (Phi) is 6.83. The third-order valence-corrected chi connectivity index (χ3v) is 4.71. The van der Waals surface area contributed by atoms with E-state index in [1.807, 2.05) is 36.4 Å². The summed E-state index contributed by atoms with van der Waals surface area (Å²) in [5.41, 5.74) is 3.56. The van der Waals surface area contributed by atoms with Crippen LogP contribution in [-0.4, -0.2) is 18.8 Å². The second kappa shape index (κ2) is 9.74. The van der Waals surface area contributed by atoms with E-state index in [4.69, 9.17) is 17.0 Å². The Morgan fingerprint density at radius 2 is 1.48 bits per heavy atom. The van der Waals surface area contributed by atoms with Gasteiger partial charge in [-0.25, -0.2) is 0 Å². The fraction of sp³-hybridized carbons (Fsp3) is 0.174. The zero-order valence-electron chi connectivity index (χ0n) is 15.5. The van der Waals surface area contributed by atoms with E-state index < -0.39 is 0 Å². The molecule has 0 saturated carbocycles. The smallest absolute Gasteiger partial charge is 0.173 e. The molecule has 3 aromatic rings. The van der Waals surface area contributed by atoms with E-state index in [-0.39, 0.29) is 0 Å². The Bertz CT molecular complexity index is 835. The summed E-state index contributed by atoms with van der Waals surface area (Å²) in [5, 5.41) is 4.14. The molecule has 0 atom stereocenters. The summed E-state index contributed by atoms with van der Waals surface area (Å²) >= 11 is 5.71. The summed E-state index contributed by atoms with van der Waals surface area (Å²) in [6.45, 7) is 1.52. The van der Waals surface area contributed by atoms with Gasteiger partial charge in [-0.1, -0.05) is 60.7 Å². The molecule has 0 aliphatic carbocycles. The summed E-state index contributed by atoms with van der Waals surface area (Å²) < 4.78 is 5.21. The minimum absolute atomic E-state index is 0.735. The van der Waals surface area contributed by atoms with E-state index in [0.29, 0.717) is 0 Å². The molecule has 0 aliphatic rings. The molecule has 0 unspecified atom stereocenters. The molecule has 4 heteroatoms. The van der Waals surface area contributed by atoms with Gasteiger partial charge in [0.1, 0.15) is 5.75 Å². The highest BCUT2D eigenvalue weighted by Crippen LogP contribution is 2.17. The lowest BCUT2D eigenvalue weighted by molar-refractivity contribution is 0.414. The number of hydrogen-bond donors (Lipinski definition) is 1. The maximum atomic E-state index is 5.71. The first-order chi connectivity index (χ1) is 13.3. The zero-order chi connectivity index (χ0) is 18.9. The van der Waals surface area contributed by atoms with Crippen LogP contribution in [0.15, 0.2) is 84.9 Å². The third kappa shape index (κ3) is 5.56. The second-order valence-corrected chi connectivity index (χ2v) is 6.62. The average molecular weight is 377 g/mol. The van der Waals surface area contributed by atoms with E-state index in [0.717, 1.165) is 36.1 Å². The largest absolute Gasteiger partial charge is 0.497 e. The third-order valence-electron chi connectivity index (χ3n) is 4.35. The molecule has 0 aliphatic heterocycles. The number of nitrogens with zero attached hydrogens (tertiary/aromatic N) is 1. The van der Waals surface area contributed by atoms with E-state index in [1.165, 1.54) is 11.1 Å². The van der Waals surface area contributed by atoms with Crippen LogP contribution < -0.4 is 15.0 Å². The number of hydrogen-bond acceptors (Lipinski definition) is 2. The SMILES string of the molecule is COc1ccc(CCNC(=S)N(Cc2ccccc2)c2ccccc2)cc1. The van der Waals surface area contributed by atoms with Crippen LogP contribution in [0.3, 0.4) is 0 Å². The lowest BCUT2D eigenvalue weighted by Crippen LogP contribution is -2.40. The van der Waals surface area contributed by atoms with Crippen molar-refractivity contribution in [2.45, 2.75) is 13.0 Å². The van der Waals surface area contributed by atoms with Crippen LogP contribution >= 0.6 is 12.2 Å². The predicted octanol–water partition coefficient (Wildman–Crippen LogP) is 4.82. The summed E-state index contributed by atoms with van der Waals surface area (Å²) in [7, 11) is 1.68. The minimum atomic E-state index is 0.735. The second-order valence-electron chi connectivity index (χ2n) is 6.24. The summed E-state index contributed by atoms with van der Waals surface area (Å²) in [6, 6.07) is 28.8. The number of para-hydroxylation sites is 1. The van der Waals surface area contributed by atoms with Crippen molar-refractivity contribution in [2.24, 2.45) is 0 Å². The van der Waals surface area contributed by atoms with Gasteiger partial charge in [-0.2, -0.15) is 0 Å². The maximum absolute atomic E-state index is 5.71. The first kappa shape index (κ1) is 18.9. The monoisotopic (exact) mass is 376 g/mol. The van der Waals surface area contributed by atoms with Crippen LogP contribution in [0.4, 0.5) is 5.69 Å². The summed E-state index contributed by atoms with van der Waals surface area (Å²) in [4.78, 5) is 2.14. The number of anilines is 1. The van der Waals surface area contributed by atoms with Crippen LogP contribution in [-0.2, 0) is 13.0 Å². The van der Waals surface area contributed by atoms with E-state index in [1.54, 1.807) is 7.11 Å². The van der Waals surface area contributed by atoms with Gasteiger partial charge in [-0.15, -0.1) is 0 Å². The molecule has 0 heterocycles. The fourth-order valence-corrected chi connectivity index (χ4v) is 3.13. The molecule has 0 saturated heterocycles. The molecular formula is C23H24N2OS. The number of benzene rings is 3. The number of rotatable bonds is 7. The van der Waals surface area contributed by atoms with Crippen LogP contribution in [0.2, 0.25) is 0 Å². The Balaban J connectivity index is 1.63. The molecule has 0 fully saturated rings. The highest BCUT2D eigenvalue weighted by molar-refractivity contribution is 7.80. The van der Waals surface area contributed by atoms with E-state index in [9.17, 15) is 0 Å². The molecular weight excluding hydrogens is 352 g/mol. The minimum Gasteiger partial charge on any atom is -0.497 e. The maximum Gasteiger partial charge on any atom is 0.173 e. The van der Waals surface area contributed by atoms with Crippen molar-refractivity contribution in [2.75, 3.05) is 18.6 Å². The van der Waals surface area contributed by atoms with E-state index >= 15 is 0 Å². The number of ether oxygens (including phenoxy) is 1. The number of nitrogens with one attached hydrogen (secondary N) is 1. The number of methoxy groups -OCH3 is 1. The first-order valence-electron chi connectivity index (χ1n) is 9.03. The summed E-state index contributed by atoms with van der Waals surface area (Å²) in [5.74, 6) is 0.875. The Morgan fingerprint density at radius 3 is 2.11 bits per heavy atom. The first-order valence-corrected chi connectivity index (χ1v) is 9.44. The van der Waals surface area contributed by atoms with Gasteiger partial charge in [0.2, 0.25) is 0 Å². The summed E-state index contributed by atoms with van der Waals surface area (Å²) in [6.07, 6.45) is 0.901. The molecule has 3 rings (SSSR count). The zero-order valence-corrected chi connectivity index (χ0v) is 16.3. The quantitative estimate of drug-likeness (QED) is 0.598. The average Bonchev–Trinajstić information content (AvgIpc) is 2.74. The van der Waals surface area contributed by atoms with Crippen LogP contribution in [0, 0.1) is 0 Å². The van der Waals surface area contributed by atoms with Crippen molar-refractivity contribution < 1.29 is 4.74 Å². The van der Waals surface area contributed by atoms with Crippen LogP contribution in [0.25, 0.3) is 0 Å². The number of thiocarbonyl (C=S) groups is 1. The van der Waals surface area contributed by atoms with Crippen LogP contribution in [0.5, 0.6) is 5.75 Å². The molecule has 0 radical (unpaired) electrons. The standard InChI is InChI=1S/C23H24N2OS/c1-26-22-14-12-19(13-15-22)16-17-24-23(27)25(21-10-6-3-7-11-21)18-20-8-4-2-5-9-20/h2-15H,16-18H2,1H3,(H,24,27). The van der Waals surface area contributed by atoms with Gasteiger partial charge < -0.3 is 15.0 Å². The van der Waals surface area contributed by atoms with Gasteiger partial charge in [0, 0.05) is 12.2 Å².